The smallest absolute Gasteiger partial charge is 0.345 e. The van der Waals surface area contributed by atoms with Gasteiger partial charge in [0.2, 0.25) is 5.60 Å². The molecule has 0 spiro atoms. The molecule has 0 saturated carbocycles. The Bertz CT molecular complexity index is 423. The van der Waals surface area contributed by atoms with Crippen molar-refractivity contribution in [2.45, 2.75) is 18.6 Å². The molecule has 1 aromatic rings. The first-order valence-electron chi connectivity index (χ1n) is 6.30. The Morgan fingerprint density at radius 3 is 2.74 bits per heavy atom. The quantitative estimate of drug-likeness (QED) is 0.593. The maximum atomic E-state index is 12.3. The zero-order valence-corrected chi connectivity index (χ0v) is 11.6. The molecule has 1 saturated heterocycles. The molecule has 2 rings (SSSR count). The molecular weight excluding hydrogens is 268 g/mol. The van der Waals surface area contributed by atoms with E-state index in [4.69, 9.17) is 25.8 Å². The lowest BCUT2D eigenvalue weighted by atomic mass is 9.83. The highest BCUT2D eigenvalue weighted by Crippen LogP contribution is 2.40. The van der Waals surface area contributed by atoms with Gasteiger partial charge in [0.25, 0.3) is 0 Å². The number of carbonyl (C=O) groups is 1. The van der Waals surface area contributed by atoms with E-state index in [2.05, 4.69) is 0 Å². The highest BCUT2D eigenvalue weighted by atomic mass is 35.5. The van der Waals surface area contributed by atoms with Crippen LogP contribution < -0.4 is 0 Å². The summed E-state index contributed by atoms with van der Waals surface area (Å²) >= 11 is 5.62. The molecule has 1 fully saturated rings. The van der Waals surface area contributed by atoms with Crippen molar-refractivity contribution in [3.63, 3.8) is 0 Å². The number of carbonyl (C=O) groups excluding carboxylic acids is 1. The fraction of sp³-hybridized carbons (Fsp3) is 0.500. The van der Waals surface area contributed by atoms with E-state index in [-0.39, 0.29) is 6.10 Å². The molecule has 1 aliphatic rings. The predicted molar refractivity (Wildman–Crippen MR) is 71.2 cm³/mol. The van der Waals surface area contributed by atoms with Gasteiger partial charge in [0.1, 0.15) is 6.10 Å². The van der Waals surface area contributed by atoms with Crippen LogP contribution in [0, 0.1) is 0 Å². The number of alkyl halides is 1. The van der Waals surface area contributed by atoms with E-state index < -0.39 is 11.6 Å². The summed E-state index contributed by atoms with van der Waals surface area (Å²) in [5, 5.41) is 0. The van der Waals surface area contributed by atoms with Crippen molar-refractivity contribution < 1.29 is 19.0 Å². The van der Waals surface area contributed by atoms with Gasteiger partial charge in [-0.15, -0.1) is 11.6 Å². The molecule has 19 heavy (non-hydrogen) atoms. The van der Waals surface area contributed by atoms with Gasteiger partial charge in [-0.25, -0.2) is 4.79 Å². The topological polar surface area (TPSA) is 44.8 Å². The van der Waals surface area contributed by atoms with Gasteiger partial charge in [-0.1, -0.05) is 30.3 Å². The Balaban J connectivity index is 2.26. The van der Waals surface area contributed by atoms with Crippen molar-refractivity contribution in [1.82, 2.24) is 0 Å². The van der Waals surface area contributed by atoms with E-state index >= 15 is 0 Å². The van der Waals surface area contributed by atoms with Crippen LogP contribution in [-0.4, -0.2) is 37.8 Å². The summed E-state index contributed by atoms with van der Waals surface area (Å²) in [6.45, 7) is 2.82. The molecule has 1 heterocycles. The van der Waals surface area contributed by atoms with Gasteiger partial charge in [0.05, 0.1) is 19.8 Å². The zero-order chi connectivity index (χ0) is 13.7. The van der Waals surface area contributed by atoms with Gasteiger partial charge in [-0.2, -0.15) is 0 Å². The second-order valence-electron chi connectivity index (χ2n) is 4.18. The van der Waals surface area contributed by atoms with Gasteiger partial charge in [-0.05, 0) is 12.5 Å². The second-order valence-corrected chi connectivity index (χ2v) is 4.56. The molecule has 4 nitrogen and oxygen atoms in total. The van der Waals surface area contributed by atoms with Crippen LogP contribution in [0.3, 0.4) is 0 Å². The van der Waals surface area contributed by atoms with Crippen molar-refractivity contribution >= 4 is 17.6 Å². The SMILES string of the molecule is CCOC(=O)[C@]1(c2ccccc2)OC[C@H]1OCCCl. The summed E-state index contributed by atoms with van der Waals surface area (Å²) in [5.41, 5.74) is -0.400. The van der Waals surface area contributed by atoms with Crippen LogP contribution in [0.5, 0.6) is 0 Å². The minimum atomic E-state index is -1.15. The fourth-order valence-electron chi connectivity index (χ4n) is 2.17. The van der Waals surface area contributed by atoms with Gasteiger partial charge in [-0.3, -0.25) is 0 Å². The van der Waals surface area contributed by atoms with Crippen LogP contribution in [0.1, 0.15) is 12.5 Å². The highest BCUT2D eigenvalue weighted by Gasteiger charge is 2.58. The third-order valence-corrected chi connectivity index (χ3v) is 3.25. The van der Waals surface area contributed by atoms with Crippen LogP contribution in [0.25, 0.3) is 0 Å². The first kappa shape index (κ1) is 14.3. The van der Waals surface area contributed by atoms with Gasteiger partial charge in [0, 0.05) is 5.88 Å². The Hall–Kier alpha value is -1.10. The van der Waals surface area contributed by atoms with Crippen LogP contribution in [0.2, 0.25) is 0 Å². The number of hydrogen-bond donors (Lipinski definition) is 0. The first-order chi connectivity index (χ1) is 9.25. The number of esters is 1. The Kier molecular flexibility index (Phi) is 4.80. The minimum absolute atomic E-state index is 0.305. The van der Waals surface area contributed by atoms with Gasteiger partial charge in [0.15, 0.2) is 0 Å². The van der Waals surface area contributed by atoms with Crippen molar-refractivity contribution in [3.05, 3.63) is 35.9 Å². The number of rotatable bonds is 6. The number of halogens is 1. The Morgan fingerprint density at radius 1 is 1.47 bits per heavy atom. The van der Waals surface area contributed by atoms with Gasteiger partial charge >= 0.3 is 5.97 Å². The van der Waals surface area contributed by atoms with Crippen molar-refractivity contribution in [3.8, 4) is 0 Å². The monoisotopic (exact) mass is 284 g/mol. The maximum Gasteiger partial charge on any atom is 0.345 e. The molecule has 0 bridgehead atoms. The largest absolute Gasteiger partial charge is 0.464 e. The lowest BCUT2D eigenvalue weighted by Crippen LogP contribution is -2.62. The van der Waals surface area contributed by atoms with E-state index in [0.29, 0.717) is 25.7 Å². The Labute approximate surface area is 117 Å². The first-order valence-corrected chi connectivity index (χ1v) is 6.83. The molecule has 0 aliphatic carbocycles. The fourth-order valence-corrected chi connectivity index (χ4v) is 2.26. The summed E-state index contributed by atoms with van der Waals surface area (Å²) in [5.74, 6) is -0.0310. The van der Waals surface area contributed by atoms with Crippen LogP contribution in [0.4, 0.5) is 0 Å². The van der Waals surface area contributed by atoms with E-state index in [1.54, 1.807) is 6.92 Å². The van der Waals surface area contributed by atoms with E-state index in [1.807, 2.05) is 30.3 Å². The maximum absolute atomic E-state index is 12.3. The van der Waals surface area contributed by atoms with E-state index in [1.165, 1.54) is 0 Å². The Morgan fingerprint density at radius 2 is 2.21 bits per heavy atom. The third kappa shape index (κ3) is 2.61. The third-order valence-electron chi connectivity index (χ3n) is 3.09. The normalized spacial score (nSPS) is 25.7. The molecule has 1 aliphatic heterocycles. The van der Waals surface area contributed by atoms with Crippen molar-refractivity contribution in [1.29, 1.82) is 0 Å². The van der Waals surface area contributed by atoms with Crippen molar-refractivity contribution in [2.24, 2.45) is 0 Å². The summed E-state index contributed by atoms with van der Waals surface area (Å²) < 4.78 is 16.3. The molecule has 1 aromatic carbocycles. The molecule has 0 unspecified atom stereocenters. The molecular formula is C14H17ClO4. The van der Waals surface area contributed by atoms with E-state index in [0.717, 1.165) is 5.56 Å². The molecule has 0 aromatic heterocycles. The van der Waals surface area contributed by atoms with Crippen LogP contribution >= 0.6 is 11.6 Å². The number of ether oxygens (including phenoxy) is 3. The summed E-state index contributed by atoms with van der Waals surface area (Å²) in [7, 11) is 0. The van der Waals surface area contributed by atoms with Crippen molar-refractivity contribution in [2.75, 3.05) is 25.7 Å². The molecule has 5 heteroatoms. The molecule has 2 atom stereocenters. The van der Waals surface area contributed by atoms with Crippen LogP contribution in [0.15, 0.2) is 30.3 Å². The summed E-state index contributed by atoms with van der Waals surface area (Å²) in [6, 6.07) is 9.28. The lowest BCUT2D eigenvalue weighted by Gasteiger charge is -2.46. The van der Waals surface area contributed by atoms with Gasteiger partial charge < -0.3 is 14.2 Å². The predicted octanol–water partition coefficient (Wildman–Crippen LogP) is 2.10. The molecule has 0 radical (unpaired) electrons. The molecule has 0 N–H and O–H groups in total. The summed E-state index contributed by atoms with van der Waals surface area (Å²) in [4.78, 5) is 12.3. The average Bonchev–Trinajstić information content (AvgIpc) is 2.40. The highest BCUT2D eigenvalue weighted by molar-refractivity contribution is 6.17. The van der Waals surface area contributed by atoms with E-state index in [9.17, 15) is 4.79 Å². The zero-order valence-electron chi connectivity index (χ0n) is 10.8. The van der Waals surface area contributed by atoms with Crippen LogP contribution in [-0.2, 0) is 24.6 Å². The average molecular weight is 285 g/mol. The number of benzene rings is 1. The second kappa shape index (κ2) is 6.37. The molecule has 104 valence electrons. The number of hydrogen-bond acceptors (Lipinski definition) is 4. The minimum Gasteiger partial charge on any atom is -0.464 e. The summed E-state index contributed by atoms with van der Waals surface area (Å²) in [6.07, 6.45) is -0.354. The standard InChI is InChI=1S/C14H17ClO4/c1-2-17-13(16)14(11-6-4-3-5-7-11)12(10-19-14)18-9-8-15/h3-7,12H,2,8-10H2,1H3/t12-,14-/m1/s1. The molecule has 0 amide bonds. The lowest BCUT2D eigenvalue weighted by molar-refractivity contribution is -0.265.